The van der Waals surface area contributed by atoms with E-state index >= 15 is 0 Å². The van der Waals surface area contributed by atoms with Crippen LogP contribution in [0.1, 0.15) is 58.8 Å². The minimum atomic E-state index is -0.618. The highest BCUT2D eigenvalue weighted by atomic mass is 16.5. The zero-order chi connectivity index (χ0) is 31.1. The van der Waals surface area contributed by atoms with Crippen molar-refractivity contribution in [2.75, 3.05) is 28.4 Å². The first-order valence-electron chi connectivity index (χ1n) is 14.2. The smallest absolute Gasteiger partial charge is 0.161 e. The van der Waals surface area contributed by atoms with Gasteiger partial charge in [0.05, 0.1) is 28.4 Å². The summed E-state index contributed by atoms with van der Waals surface area (Å²) < 4.78 is 35.8. The number of fused-ring (bicyclic) bond motifs is 2. The Hall–Kier alpha value is -5.12. The largest absolute Gasteiger partial charge is 0.508 e. The Morgan fingerprint density at radius 1 is 0.614 bits per heavy atom. The summed E-state index contributed by atoms with van der Waals surface area (Å²) in [5.41, 5.74) is 3.52. The van der Waals surface area contributed by atoms with Crippen LogP contribution in [0.2, 0.25) is 0 Å². The maximum absolute atomic E-state index is 11.2. The number of hydrogen-bond donors (Lipinski definition) is 4. The lowest BCUT2D eigenvalue weighted by atomic mass is 9.79. The molecular formula is C34H34O10. The van der Waals surface area contributed by atoms with Crippen molar-refractivity contribution in [3.05, 3.63) is 82.4 Å². The topological polar surface area (TPSA) is 136 Å². The van der Waals surface area contributed by atoms with Crippen molar-refractivity contribution in [2.45, 2.75) is 37.4 Å². The fraction of sp³-hybridized carbons (Fsp3) is 0.294. The zero-order valence-corrected chi connectivity index (χ0v) is 24.8. The standard InChI is InChI=1S/C34H34O10/c1-39-26-9-6-18(12-29(26)41-3)25-10-7-20-28(40-2)16-30(42-4)33(34(20)44-25)21-15-27(17-5-8-22(36)23(37)11-17)43-31-14-19(35)13-24(38)32(21)31/h5-6,8-9,11-14,16,21,25,27,35-38H,7,10,15H2,1-4H3/t21-,25+,27+/m1/s1. The second kappa shape index (κ2) is 11.5. The van der Waals surface area contributed by atoms with Crippen LogP contribution in [0, 0.1) is 0 Å². The van der Waals surface area contributed by atoms with E-state index < -0.39 is 12.0 Å². The van der Waals surface area contributed by atoms with Crippen LogP contribution >= 0.6 is 0 Å². The van der Waals surface area contributed by atoms with Crippen molar-refractivity contribution in [2.24, 2.45) is 0 Å². The summed E-state index contributed by atoms with van der Waals surface area (Å²) in [6.07, 6.45) is 0.670. The summed E-state index contributed by atoms with van der Waals surface area (Å²) in [5.74, 6) is 1.79. The molecule has 0 aromatic heterocycles. The third-order valence-electron chi connectivity index (χ3n) is 8.37. The molecule has 2 heterocycles. The molecule has 10 heteroatoms. The van der Waals surface area contributed by atoms with Gasteiger partial charge in [0.1, 0.15) is 46.7 Å². The van der Waals surface area contributed by atoms with Crippen molar-refractivity contribution in [3.63, 3.8) is 0 Å². The lowest BCUT2D eigenvalue weighted by Gasteiger charge is -2.37. The molecule has 0 fully saturated rings. The van der Waals surface area contributed by atoms with Gasteiger partial charge in [0.25, 0.3) is 0 Å². The van der Waals surface area contributed by atoms with Crippen LogP contribution in [0.4, 0.5) is 0 Å². The molecule has 2 aliphatic heterocycles. The number of benzene rings is 4. The van der Waals surface area contributed by atoms with Gasteiger partial charge in [-0.15, -0.1) is 0 Å². The lowest BCUT2D eigenvalue weighted by molar-refractivity contribution is 0.153. The van der Waals surface area contributed by atoms with E-state index in [4.69, 9.17) is 28.4 Å². The Morgan fingerprint density at radius 3 is 2.02 bits per heavy atom. The highest BCUT2D eigenvalue weighted by Crippen LogP contribution is 2.57. The quantitative estimate of drug-likeness (QED) is 0.179. The maximum atomic E-state index is 11.2. The number of methoxy groups -OCH3 is 4. The Labute approximate surface area is 254 Å². The van der Waals surface area contributed by atoms with E-state index in [1.54, 1.807) is 34.5 Å². The minimum Gasteiger partial charge on any atom is -0.508 e. The Kier molecular flexibility index (Phi) is 7.59. The SMILES string of the molecule is COc1ccc([C@@H]2CCc3c(OC)cc(OC)c([C@@H]4C[C@@H](c5ccc(O)c(O)c5)Oc5cc(O)cc(O)c54)c3O2)cc1OC. The first-order valence-corrected chi connectivity index (χ1v) is 14.2. The van der Waals surface area contributed by atoms with Crippen LogP contribution in [-0.2, 0) is 6.42 Å². The number of hydrogen-bond acceptors (Lipinski definition) is 10. The zero-order valence-electron chi connectivity index (χ0n) is 24.8. The van der Waals surface area contributed by atoms with E-state index in [0.717, 1.165) is 11.1 Å². The molecule has 0 amide bonds. The van der Waals surface area contributed by atoms with Gasteiger partial charge in [-0.05, 0) is 48.2 Å². The van der Waals surface area contributed by atoms with Crippen LogP contribution in [-0.4, -0.2) is 48.9 Å². The third-order valence-corrected chi connectivity index (χ3v) is 8.37. The van der Waals surface area contributed by atoms with E-state index in [2.05, 4.69) is 0 Å². The average Bonchev–Trinajstić information content (AvgIpc) is 3.03. The third kappa shape index (κ3) is 4.96. The van der Waals surface area contributed by atoms with Gasteiger partial charge in [0, 0.05) is 47.2 Å². The molecule has 0 saturated carbocycles. The van der Waals surface area contributed by atoms with Crippen LogP contribution in [0.3, 0.4) is 0 Å². The number of rotatable bonds is 7. The molecule has 0 saturated heterocycles. The maximum Gasteiger partial charge on any atom is 0.161 e. The van der Waals surface area contributed by atoms with E-state index in [1.165, 1.54) is 24.3 Å². The summed E-state index contributed by atoms with van der Waals surface area (Å²) in [5, 5.41) is 41.7. The fourth-order valence-electron chi connectivity index (χ4n) is 6.27. The second-order valence-corrected chi connectivity index (χ2v) is 10.8. The molecule has 0 radical (unpaired) electrons. The van der Waals surface area contributed by atoms with E-state index in [0.29, 0.717) is 64.7 Å². The second-order valence-electron chi connectivity index (χ2n) is 10.8. The summed E-state index contributed by atoms with van der Waals surface area (Å²) in [4.78, 5) is 0. The van der Waals surface area contributed by atoms with Crippen LogP contribution in [0.5, 0.6) is 57.5 Å². The van der Waals surface area contributed by atoms with Crippen molar-refractivity contribution in [3.8, 4) is 57.5 Å². The molecular weight excluding hydrogens is 568 g/mol. The molecule has 2 aliphatic rings. The highest BCUT2D eigenvalue weighted by molar-refractivity contribution is 5.65. The first-order chi connectivity index (χ1) is 21.3. The molecule has 4 N–H and O–H groups in total. The fourth-order valence-corrected chi connectivity index (χ4v) is 6.27. The number of phenols is 4. The van der Waals surface area contributed by atoms with Crippen molar-refractivity contribution < 1.29 is 48.8 Å². The monoisotopic (exact) mass is 602 g/mol. The Bertz CT molecular complexity index is 1720. The normalized spacial score (nSPS) is 18.7. The van der Waals surface area contributed by atoms with Gasteiger partial charge in [-0.25, -0.2) is 0 Å². The van der Waals surface area contributed by atoms with Gasteiger partial charge < -0.3 is 48.8 Å². The van der Waals surface area contributed by atoms with Gasteiger partial charge in [0.2, 0.25) is 0 Å². The van der Waals surface area contributed by atoms with Crippen LogP contribution < -0.4 is 28.4 Å². The summed E-state index contributed by atoms with van der Waals surface area (Å²) in [6, 6.07) is 14.7. The highest BCUT2D eigenvalue weighted by Gasteiger charge is 2.40. The van der Waals surface area contributed by atoms with Gasteiger partial charge >= 0.3 is 0 Å². The molecule has 6 rings (SSSR count). The van der Waals surface area contributed by atoms with Crippen molar-refractivity contribution in [1.82, 2.24) is 0 Å². The number of aromatic hydroxyl groups is 4. The first kappa shape index (κ1) is 29.0. The molecule has 10 nitrogen and oxygen atoms in total. The molecule has 3 atom stereocenters. The van der Waals surface area contributed by atoms with Gasteiger partial charge in [-0.3, -0.25) is 0 Å². The summed E-state index contributed by atoms with van der Waals surface area (Å²) in [7, 11) is 6.33. The van der Waals surface area contributed by atoms with Crippen molar-refractivity contribution >= 4 is 0 Å². The van der Waals surface area contributed by atoms with Gasteiger partial charge in [-0.2, -0.15) is 0 Å². The van der Waals surface area contributed by atoms with Gasteiger partial charge in [0.15, 0.2) is 23.0 Å². The molecule has 0 bridgehead atoms. The molecule has 4 aromatic carbocycles. The molecule has 44 heavy (non-hydrogen) atoms. The van der Waals surface area contributed by atoms with E-state index in [-0.39, 0.29) is 34.9 Å². The summed E-state index contributed by atoms with van der Waals surface area (Å²) in [6.45, 7) is 0. The molecule has 4 aromatic rings. The van der Waals surface area contributed by atoms with Gasteiger partial charge in [-0.1, -0.05) is 12.1 Å². The van der Waals surface area contributed by atoms with Crippen molar-refractivity contribution in [1.29, 1.82) is 0 Å². The predicted octanol–water partition coefficient (Wildman–Crippen LogP) is 6.27. The molecule has 0 spiro atoms. The van der Waals surface area contributed by atoms with E-state index in [9.17, 15) is 20.4 Å². The molecule has 0 unspecified atom stereocenters. The molecule has 0 aliphatic carbocycles. The van der Waals surface area contributed by atoms with Crippen LogP contribution in [0.15, 0.2) is 54.6 Å². The minimum absolute atomic E-state index is 0.143. The molecule has 230 valence electrons. The number of phenolic OH excluding ortho intramolecular Hbond substituents is 4. The number of ether oxygens (including phenoxy) is 6. The average molecular weight is 603 g/mol. The van der Waals surface area contributed by atoms with Crippen LogP contribution in [0.25, 0.3) is 0 Å². The Balaban J connectivity index is 1.52. The van der Waals surface area contributed by atoms with E-state index in [1.807, 2.05) is 24.3 Å². The lowest BCUT2D eigenvalue weighted by Crippen LogP contribution is -2.23. The Morgan fingerprint density at radius 2 is 1.32 bits per heavy atom. The summed E-state index contributed by atoms with van der Waals surface area (Å²) >= 11 is 0. The predicted molar refractivity (Wildman–Crippen MR) is 160 cm³/mol.